The lowest BCUT2D eigenvalue weighted by atomic mass is 9.94. The van der Waals surface area contributed by atoms with Crippen molar-refractivity contribution in [2.75, 3.05) is 13.7 Å². The van der Waals surface area contributed by atoms with Crippen molar-refractivity contribution in [2.45, 2.75) is 51.5 Å². The van der Waals surface area contributed by atoms with Gasteiger partial charge in [-0.25, -0.2) is 0 Å². The van der Waals surface area contributed by atoms with E-state index in [1.54, 1.807) is 7.11 Å². The Morgan fingerprint density at radius 2 is 2.00 bits per heavy atom. The second kappa shape index (κ2) is 7.54. The van der Waals surface area contributed by atoms with Gasteiger partial charge in [0.1, 0.15) is 5.75 Å². The van der Waals surface area contributed by atoms with Crippen LogP contribution in [-0.4, -0.2) is 19.7 Å². The Balaban J connectivity index is 1.84. The molecule has 2 nitrogen and oxygen atoms in total. The first-order chi connectivity index (χ1) is 9.31. The number of nitrogens with one attached hydrogen (secondary N) is 1. The van der Waals surface area contributed by atoms with Crippen LogP contribution in [0.15, 0.2) is 24.3 Å². The van der Waals surface area contributed by atoms with E-state index in [1.165, 1.54) is 50.6 Å². The summed E-state index contributed by atoms with van der Waals surface area (Å²) in [4.78, 5) is 0. The van der Waals surface area contributed by atoms with Crippen LogP contribution in [0.3, 0.4) is 0 Å². The van der Waals surface area contributed by atoms with Gasteiger partial charge in [0.15, 0.2) is 0 Å². The molecule has 1 atom stereocenters. The lowest BCUT2D eigenvalue weighted by Gasteiger charge is -2.17. The molecule has 0 spiro atoms. The standard InChI is InChI=1S/C17H27NO/c1-3-4-5-15(13-18-16-8-9-16)12-14-6-10-17(19-2)11-7-14/h6-7,10-11,15-16,18H,3-5,8-9,12-13H2,1-2H3. The average Bonchev–Trinajstić information content (AvgIpc) is 3.27. The van der Waals surface area contributed by atoms with Gasteiger partial charge in [0.05, 0.1) is 7.11 Å². The molecule has 0 heterocycles. The van der Waals surface area contributed by atoms with Crippen LogP contribution in [-0.2, 0) is 6.42 Å². The molecular formula is C17H27NO. The Morgan fingerprint density at radius 3 is 2.58 bits per heavy atom. The van der Waals surface area contributed by atoms with E-state index in [0.29, 0.717) is 0 Å². The van der Waals surface area contributed by atoms with Crippen molar-refractivity contribution in [3.05, 3.63) is 29.8 Å². The van der Waals surface area contributed by atoms with Crippen LogP contribution in [0, 0.1) is 5.92 Å². The van der Waals surface area contributed by atoms with Gasteiger partial charge in [-0.15, -0.1) is 0 Å². The highest BCUT2D eigenvalue weighted by atomic mass is 16.5. The molecule has 1 aromatic rings. The second-order valence-electron chi connectivity index (χ2n) is 5.74. The smallest absolute Gasteiger partial charge is 0.118 e. The first-order valence-electron chi connectivity index (χ1n) is 7.68. The molecule has 0 radical (unpaired) electrons. The first kappa shape index (κ1) is 14.4. The minimum absolute atomic E-state index is 0.772. The van der Waals surface area contributed by atoms with E-state index in [4.69, 9.17) is 4.74 Å². The molecule has 2 heteroatoms. The summed E-state index contributed by atoms with van der Waals surface area (Å²) >= 11 is 0. The molecule has 106 valence electrons. The minimum atomic E-state index is 0.772. The van der Waals surface area contributed by atoms with Crippen LogP contribution >= 0.6 is 0 Å². The number of rotatable bonds is 9. The third-order valence-electron chi connectivity index (χ3n) is 3.92. The zero-order valence-electron chi connectivity index (χ0n) is 12.3. The Morgan fingerprint density at radius 1 is 1.26 bits per heavy atom. The van der Waals surface area contributed by atoms with Gasteiger partial charge in [0.25, 0.3) is 0 Å². The van der Waals surface area contributed by atoms with E-state index in [-0.39, 0.29) is 0 Å². The number of methoxy groups -OCH3 is 1. The molecule has 0 aliphatic heterocycles. The van der Waals surface area contributed by atoms with E-state index >= 15 is 0 Å². The van der Waals surface area contributed by atoms with Gasteiger partial charge in [-0.05, 0) is 55.8 Å². The first-order valence-corrected chi connectivity index (χ1v) is 7.68. The van der Waals surface area contributed by atoms with E-state index in [1.807, 2.05) is 0 Å². The maximum atomic E-state index is 5.21. The molecule has 1 aromatic carbocycles. The minimum Gasteiger partial charge on any atom is -0.497 e. The van der Waals surface area contributed by atoms with Crippen LogP contribution < -0.4 is 10.1 Å². The topological polar surface area (TPSA) is 21.3 Å². The Labute approximate surface area is 117 Å². The van der Waals surface area contributed by atoms with Crippen molar-refractivity contribution >= 4 is 0 Å². The highest BCUT2D eigenvalue weighted by molar-refractivity contribution is 5.27. The van der Waals surface area contributed by atoms with Gasteiger partial charge in [-0.2, -0.15) is 0 Å². The number of benzene rings is 1. The molecule has 1 saturated carbocycles. The van der Waals surface area contributed by atoms with Gasteiger partial charge in [-0.1, -0.05) is 31.9 Å². The predicted octanol–water partition coefficient (Wildman–Crippen LogP) is 3.80. The van der Waals surface area contributed by atoms with Crippen LogP contribution in [0.5, 0.6) is 5.75 Å². The van der Waals surface area contributed by atoms with Gasteiger partial charge in [0.2, 0.25) is 0 Å². The second-order valence-corrected chi connectivity index (χ2v) is 5.74. The summed E-state index contributed by atoms with van der Waals surface area (Å²) in [5, 5.41) is 3.68. The van der Waals surface area contributed by atoms with E-state index in [2.05, 4.69) is 36.5 Å². The Bertz CT molecular complexity index is 356. The molecule has 0 amide bonds. The predicted molar refractivity (Wildman–Crippen MR) is 80.7 cm³/mol. The molecule has 2 rings (SSSR count). The van der Waals surface area contributed by atoms with Crippen molar-refractivity contribution in [1.82, 2.24) is 5.32 Å². The maximum Gasteiger partial charge on any atom is 0.118 e. The molecule has 1 aliphatic rings. The summed E-state index contributed by atoms with van der Waals surface area (Å²) in [5.74, 6) is 1.72. The molecule has 19 heavy (non-hydrogen) atoms. The van der Waals surface area contributed by atoms with Crippen molar-refractivity contribution in [1.29, 1.82) is 0 Å². The summed E-state index contributed by atoms with van der Waals surface area (Å²) < 4.78 is 5.21. The average molecular weight is 261 g/mol. The summed E-state index contributed by atoms with van der Waals surface area (Å²) in [6.45, 7) is 3.45. The molecule has 1 fully saturated rings. The molecule has 1 N–H and O–H groups in total. The lowest BCUT2D eigenvalue weighted by Crippen LogP contribution is -2.26. The van der Waals surface area contributed by atoms with E-state index in [0.717, 1.165) is 17.7 Å². The molecule has 0 saturated heterocycles. The van der Waals surface area contributed by atoms with E-state index < -0.39 is 0 Å². The summed E-state index contributed by atoms with van der Waals surface area (Å²) in [6, 6.07) is 9.37. The highest BCUT2D eigenvalue weighted by Crippen LogP contribution is 2.22. The largest absolute Gasteiger partial charge is 0.497 e. The van der Waals surface area contributed by atoms with E-state index in [9.17, 15) is 0 Å². The van der Waals surface area contributed by atoms with Crippen molar-refractivity contribution < 1.29 is 4.74 Å². The number of ether oxygens (including phenoxy) is 1. The molecule has 1 unspecified atom stereocenters. The van der Waals surface area contributed by atoms with Gasteiger partial charge >= 0.3 is 0 Å². The molecule has 1 aliphatic carbocycles. The van der Waals surface area contributed by atoms with Crippen molar-refractivity contribution in [2.24, 2.45) is 5.92 Å². The molecule has 0 aromatic heterocycles. The Kier molecular flexibility index (Phi) is 5.71. The third kappa shape index (κ3) is 5.23. The quantitative estimate of drug-likeness (QED) is 0.730. The van der Waals surface area contributed by atoms with Crippen LogP contribution in [0.1, 0.15) is 44.6 Å². The monoisotopic (exact) mass is 261 g/mol. The summed E-state index contributed by atoms with van der Waals surface area (Å²) in [6.07, 6.45) is 7.91. The molecular weight excluding hydrogens is 234 g/mol. The normalized spacial score (nSPS) is 16.3. The van der Waals surface area contributed by atoms with Crippen LogP contribution in [0.4, 0.5) is 0 Å². The fourth-order valence-electron chi connectivity index (χ4n) is 2.48. The zero-order chi connectivity index (χ0) is 13.5. The number of unbranched alkanes of at least 4 members (excludes halogenated alkanes) is 1. The van der Waals surface area contributed by atoms with Gasteiger partial charge < -0.3 is 10.1 Å². The fourth-order valence-corrected chi connectivity index (χ4v) is 2.48. The maximum absolute atomic E-state index is 5.21. The number of hydrogen-bond donors (Lipinski definition) is 1. The van der Waals surface area contributed by atoms with Gasteiger partial charge in [0, 0.05) is 6.04 Å². The highest BCUT2D eigenvalue weighted by Gasteiger charge is 2.21. The van der Waals surface area contributed by atoms with Crippen LogP contribution in [0.2, 0.25) is 0 Å². The molecule has 0 bridgehead atoms. The van der Waals surface area contributed by atoms with Gasteiger partial charge in [-0.3, -0.25) is 0 Å². The SMILES string of the molecule is CCCCC(CNC1CC1)Cc1ccc(OC)cc1. The number of hydrogen-bond acceptors (Lipinski definition) is 2. The van der Waals surface area contributed by atoms with Crippen molar-refractivity contribution in [3.63, 3.8) is 0 Å². The lowest BCUT2D eigenvalue weighted by molar-refractivity contribution is 0.413. The summed E-state index contributed by atoms with van der Waals surface area (Å²) in [7, 11) is 1.72. The zero-order valence-corrected chi connectivity index (χ0v) is 12.3. The fraction of sp³-hybridized carbons (Fsp3) is 0.647. The van der Waals surface area contributed by atoms with Crippen LogP contribution in [0.25, 0.3) is 0 Å². The summed E-state index contributed by atoms with van der Waals surface area (Å²) in [5.41, 5.74) is 1.43. The van der Waals surface area contributed by atoms with Crippen molar-refractivity contribution in [3.8, 4) is 5.75 Å². The Hall–Kier alpha value is -1.02. The third-order valence-corrected chi connectivity index (χ3v) is 3.92.